The highest BCUT2D eigenvalue weighted by Gasteiger charge is 2.16. The molecule has 1 aromatic rings. The molecule has 15 heavy (non-hydrogen) atoms. The molecule has 0 spiro atoms. The highest BCUT2D eigenvalue weighted by molar-refractivity contribution is 5.51. The van der Waals surface area contributed by atoms with Gasteiger partial charge in [-0.25, -0.2) is 0 Å². The standard InChI is InChI=1S/C12H19NO2/c1-4-9-5-6-10(15-3)12(14)11(9)8(2)7-13/h5-6,8,14H,4,7,13H2,1-3H3. The van der Waals surface area contributed by atoms with Crippen molar-refractivity contribution in [1.82, 2.24) is 0 Å². The predicted molar refractivity (Wildman–Crippen MR) is 61.5 cm³/mol. The quantitative estimate of drug-likeness (QED) is 0.797. The number of aryl methyl sites for hydroxylation is 1. The Balaban J connectivity index is 3.29. The number of aromatic hydroxyl groups is 1. The first kappa shape index (κ1) is 11.9. The minimum absolute atomic E-state index is 0.148. The monoisotopic (exact) mass is 209 g/mol. The van der Waals surface area contributed by atoms with E-state index in [1.165, 1.54) is 0 Å². The van der Waals surface area contributed by atoms with Crippen molar-refractivity contribution >= 4 is 0 Å². The Hall–Kier alpha value is -1.22. The molecule has 0 fully saturated rings. The van der Waals surface area contributed by atoms with Crippen molar-refractivity contribution in [3.8, 4) is 11.5 Å². The van der Waals surface area contributed by atoms with Gasteiger partial charge in [0.05, 0.1) is 7.11 Å². The lowest BCUT2D eigenvalue weighted by atomic mass is 9.93. The van der Waals surface area contributed by atoms with Crippen molar-refractivity contribution in [1.29, 1.82) is 0 Å². The van der Waals surface area contributed by atoms with Gasteiger partial charge in [-0.1, -0.05) is 19.9 Å². The molecule has 3 nitrogen and oxygen atoms in total. The van der Waals surface area contributed by atoms with E-state index in [1.54, 1.807) is 13.2 Å². The maximum absolute atomic E-state index is 10.0. The van der Waals surface area contributed by atoms with E-state index in [4.69, 9.17) is 10.5 Å². The van der Waals surface area contributed by atoms with Crippen molar-refractivity contribution in [3.63, 3.8) is 0 Å². The van der Waals surface area contributed by atoms with Crippen LogP contribution < -0.4 is 10.5 Å². The van der Waals surface area contributed by atoms with Gasteiger partial charge in [0.1, 0.15) is 0 Å². The molecule has 0 heterocycles. The lowest BCUT2D eigenvalue weighted by molar-refractivity contribution is 0.368. The molecular formula is C12H19NO2. The molecule has 0 saturated heterocycles. The molecule has 3 N–H and O–H groups in total. The second-order valence-corrected chi connectivity index (χ2v) is 3.68. The van der Waals surface area contributed by atoms with Gasteiger partial charge < -0.3 is 15.6 Å². The Bertz CT molecular complexity index is 337. The Morgan fingerprint density at radius 2 is 2.13 bits per heavy atom. The molecule has 3 heteroatoms. The highest BCUT2D eigenvalue weighted by Crippen LogP contribution is 2.36. The van der Waals surface area contributed by atoms with Crippen LogP contribution in [0.4, 0.5) is 0 Å². The zero-order valence-corrected chi connectivity index (χ0v) is 9.58. The average Bonchev–Trinajstić information content (AvgIpc) is 2.27. The summed E-state index contributed by atoms with van der Waals surface area (Å²) >= 11 is 0. The number of hydrogen-bond donors (Lipinski definition) is 2. The van der Waals surface area contributed by atoms with E-state index in [0.717, 1.165) is 17.5 Å². The zero-order valence-electron chi connectivity index (χ0n) is 9.58. The number of rotatable bonds is 4. The lowest BCUT2D eigenvalue weighted by Crippen LogP contribution is -2.11. The third-order valence-corrected chi connectivity index (χ3v) is 2.72. The summed E-state index contributed by atoms with van der Waals surface area (Å²) in [6, 6.07) is 3.78. The summed E-state index contributed by atoms with van der Waals surface area (Å²) in [4.78, 5) is 0. The van der Waals surface area contributed by atoms with Gasteiger partial charge in [0, 0.05) is 5.56 Å². The van der Waals surface area contributed by atoms with Gasteiger partial charge >= 0.3 is 0 Å². The second-order valence-electron chi connectivity index (χ2n) is 3.68. The molecule has 1 rings (SSSR count). The zero-order chi connectivity index (χ0) is 11.4. The predicted octanol–water partition coefficient (Wildman–Crippen LogP) is 2.03. The Morgan fingerprint density at radius 1 is 1.47 bits per heavy atom. The summed E-state index contributed by atoms with van der Waals surface area (Å²) < 4.78 is 5.09. The lowest BCUT2D eigenvalue weighted by Gasteiger charge is -2.17. The van der Waals surface area contributed by atoms with Gasteiger partial charge in [-0.15, -0.1) is 0 Å². The number of phenolic OH excluding ortho intramolecular Hbond substituents is 1. The summed E-state index contributed by atoms with van der Waals surface area (Å²) in [6.45, 7) is 4.59. The summed E-state index contributed by atoms with van der Waals surface area (Å²) in [5, 5.41) is 10.0. The number of benzene rings is 1. The molecule has 0 aliphatic heterocycles. The fraction of sp³-hybridized carbons (Fsp3) is 0.500. The number of methoxy groups -OCH3 is 1. The van der Waals surface area contributed by atoms with Crippen molar-refractivity contribution < 1.29 is 9.84 Å². The van der Waals surface area contributed by atoms with Crippen LogP contribution in [-0.4, -0.2) is 18.8 Å². The second kappa shape index (κ2) is 5.03. The topological polar surface area (TPSA) is 55.5 Å². The van der Waals surface area contributed by atoms with E-state index in [2.05, 4.69) is 6.92 Å². The molecule has 0 saturated carbocycles. The van der Waals surface area contributed by atoms with Gasteiger partial charge in [0.2, 0.25) is 0 Å². The van der Waals surface area contributed by atoms with Crippen LogP contribution >= 0.6 is 0 Å². The third kappa shape index (κ3) is 2.23. The van der Waals surface area contributed by atoms with Crippen LogP contribution in [0.5, 0.6) is 11.5 Å². The fourth-order valence-electron chi connectivity index (χ4n) is 1.77. The van der Waals surface area contributed by atoms with E-state index in [1.807, 2.05) is 13.0 Å². The maximum Gasteiger partial charge on any atom is 0.161 e. The van der Waals surface area contributed by atoms with Crippen LogP contribution in [0.2, 0.25) is 0 Å². The van der Waals surface area contributed by atoms with Gasteiger partial charge in [0.15, 0.2) is 11.5 Å². The molecule has 0 bridgehead atoms. The number of phenols is 1. The minimum atomic E-state index is 0.148. The Kier molecular flexibility index (Phi) is 3.97. The van der Waals surface area contributed by atoms with E-state index < -0.39 is 0 Å². The SMILES string of the molecule is CCc1ccc(OC)c(O)c1C(C)CN. The number of ether oxygens (including phenoxy) is 1. The van der Waals surface area contributed by atoms with Crippen LogP contribution in [0, 0.1) is 0 Å². The fourth-order valence-corrected chi connectivity index (χ4v) is 1.77. The molecule has 1 atom stereocenters. The largest absolute Gasteiger partial charge is 0.504 e. The van der Waals surface area contributed by atoms with Crippen LogP contribution in [0.25, 0.3) is 0 Å². The number of hydrogen-bond acceptors (Lipinski definition) is 3. The number of nitrogens with two attached hydrogens (primary N) is 1. The van der Waals surface area contributed by atoms with Crippen LogP contribution in [0.15, 0.2) is 12.1 Å². The highest BCUT2D eigenvalue weighted by atomic mass is 16.5. The summed E-state index contributed by atoms with van der Waals surface area (Å²) in [5.74, 6) is 0.896. The normalized spacial score (nSPS) is 12.5. The van der Waals surface area contributed by atoms with E-state index in [-0.39, 0.29) is 11.7 Å². The molecule has 1 unspecified atom stereocenters. The van der Waals surface area contributed by atoms with Crippen LogP contribution in [-0.2, 0) is 6.42 Å². The first-order valence-corrected chi connectivity index (χ1v) is 5.24. The molecule has 0 radical (unpaired) electrons. The van der Waals surface area contributed by atoms with Crippen molar-refractivity contribution in [2.75, 3.05) is 13.7 Å². The minimum Gasteiger partial charge on any atom is -0.504 e. The molecule has 0 aromatic heterocycles. The summed E-state index contributed by atoms with van der Waals surface area (Å²) in [5.41, 5.74) is 7.68. The van der Waals surface area contributed by atoms with Crippen LogP contribution in [0.3, 0.4) is 0 Å². The van der Waals surface area contributed by atoms with E-state index >= 15 is 0 Å². The Labute approximate surface area is 90.9 Å². The smallest absolute Gasteiger partial charge is 0.161 e. The average molecular weight is 209 g/mol. The molecule has 0 aliphatic carbocycles. The van der Waals surface area contributed by atoms with Crippen LogP contribution in [0.1, 0.15) is 30.9 Å². The van der Waals surface area contributed by atoms with E-state index in [9.17, 15) is 5.11 Å². The van der Waals surface area contributed by atoms with Gasteiger partial charge in [0.25, 0.3) is 0 Å². The molecular weight excluding hydrogens is 190 g/mol. The molecule has 1 aromatic carbocycles. The molecule has 84 valence electrons. The van der Waals surface area contributed by atoms with E-state index in [0.29, 0.717) is 12.3 Å². The maximum atomic E-state index is 10.0. The van der Waals surface area contributed by atoms with Gasteiger partial charge in [-0.05, 0) is 30.5 Å². The first-order valence-electron chi connectivity index (χ1n) is 5.24. The first-order chi connectivity index (χ1) is 7.15. The van der Waals surface area contributed by atoms with Crippen molar-refractivity contribution in [2.24, 2.45) is 5.73 Å². The summed E-state index contributed by atoms with van der Waals surface area (Å²) in [6.07, 6.45) is 0.886. The Morgan fingerprint density at radius 3 is 2.60 bits per heavy atom. The third-order valence-electron chi connectivity index (χ3n) is 2.72. The van der Waals surface area contributed by atoms with Gasteiger partial charge in [-0.2, -0.15) is 0 Å². The summed E-state index contributed by atoms with van der Waals surface area (Å²) in [7, 11) is 1.55. The van der Waals surface area contributed by atoms with Gasteiger partial charge in [-0.3, -0.25) is 0 Å². The molecule has 0 aliphatic rings. The van der Waals surface area contributed by atoms with Crippen molar-refractivity contribution in [2.45, 2.75) is 26.2 Å². The molecule has 0 amide bonds. The van der Waals surface area contributed by atoms with Crippen molar-refractivity contribution in [3.05, 3.63) is 23.3 Å².